The van der Waals surface area contributed by atoms with Crippen molar-refractivity contribution in [3.05, 3.63) is 39.3 Å². The minimum atomic E-state index is 0. The largest absolute Gasteiger partial charge is 0.493 e. The summed E-state index contributed by atoms with van der Waals surface area (Å²) in [5.74, 6) is 2.19. The van der Waals surface area contributed by atoms with E-state index in [1.165, 1.54) is 4.88 Å². The first kappa shape index (κ1) is 22.5. The van der Waals surface area contributed by atoms with Crippen molar-refractivity contribution in [3.8, 4) is 11.5 Å². The number of ether oxygens (including phenoxy) is 2. The minimum Gasteiger partial charge on any atom is -0.493 e. The second-order valence-corrected chi connectivity index (χ2v) is 6.78. The smallest absolute Gasteiger partial charge is 0.191 e. The van der Waals surface area contributed by atoms with Gasteiger partial charge < -0.3 is 20.1 Å². The van der Waals surface area contributed by atoms with Crippen molar-refractivity contribution in [2.45, 2.75) is 33.9 Å². The van der Waals surface area contributed by atoms with Crippen LogP contribution in [-0.2, 0) is 13.1 Å². The fraction of sp³-hybridized carbons (Fsp3) is 0.444. The molecule has 2 aromatic rings. The third-order valence-electron chi connectivity index (χ3n) is 3.69. The van der Waals surface area contributed by atoms with Crippen LogP contribution in [0.25, 0.3) is 0 Å². The lowest BCUT2D eigenvalue weighted by molar-refractivity contribution is 0.354. The maximum atomic E-state index is 5.34. The van der Waals surface area contributed by atoms with Crippen LogP contribution in [0.3, 0.4) is 0 Å². The van der Waals surface area contributed by atoms with Gasteiger partial charge in [0.1, 0.15) is 5.01 Å². The zero-order valence-electron chi connectivity index (χ0n) is 15.9. The van der Waals surface area contributed by atoms with E-state index in [9.17, 15) is 0 Å². The lowest BCUT2D eigenvalue weighted by Crippen LogP contribution is -2.36. The van der Waals surface area contributed by atoms with Crippen LogP contribution in [0, 0.1) is 13.8 Å². The van der Waals surface area contributed by atoms with Crippen LogP contribution in [0.1, 0.15) is 28.1 Å². The van der Waals surface area contributed by atoms with Crippen molar-refractivity contribution in [1.82, 2.24) is 15.6 Å². The summed E-state index contributed by atoms with van der Waals surface area (Å²) in [6.07, 6.45) is 0. The Morgan fingerprint density at radius 3 is 2.46 bits per heavy atom. The summed E-state index contributed by atoms with van der Waals surface area (Å²) in [4.78, 5) is 10.4. The van der Waals surface area contributed by atoms with Gasteiger partial charge in [0.05, 0.1) is 33.0 Å². The number of thiazole rings is 1. The zero-order valence-corrected chi connectivity index (χ0v) is 19.0. The van der Waals surface area contributed by atoms with Crippen LogP contribution >= 0.6 is 35.3 Å². The molecule has 0 saturated carbocycles. The first-order valence-corrected chi connectivity index (χ1v) is 9.05. The molecule has 0 aliphatic rings. The van der Waals surface area contributed by atoms with Gasteiger partial charge in [-0.2, -0.15) is 0 Å². The number of rotatable bonds is 7. The van der Waals surface area contributed by atoms with Crippen LogP contribution < -0.4 is 20.1 Å². The molecule has 0 saturated heterocycles. The third-order valence-corrected chi connectivity index (χ3v) is 4.76. The molecule has 0 atom stereocenters. The Labute approximate surface area is 176 Å². The molecule has 1 aromatic carbocycles. The van der Waals surface area contributed by atoms with E-state index in [-0.39, 0.29) is 24.0 Å². The summed E-state index contributed by atoms with van der Waals surface area (Å²) in [6.45, 7) is 8.18. The molecule has 0 fully saturated rings. The van der Waals surface area contributed by atoms with E-state index in [2.05, 4.69) is 27.5 Å². The average Bonchev–Trinajstić information content (AvgIpc) is 2.95. The van der Waals surface area contributed by atoms with Gasteiger partial charge in [0.15, 0.2) is 17.5 Å². The van der Waals surface area contributed by atoms with Crippen molar-refractivity contribution < 1.29 is 9.47 Å². The van der Waals surface area contributed by atoms with Gasteiger partial charge in [0.25, 0.3) is 0 Å². The summed E-state index contributed by atoms with van der Waals surface area (Å²) in [5, 5.41) is 7.65. The number of methoxy groups -OCH3 is 2. The first-order chi connectivity index (χ1) is 12.1. The average molecular weight is 490 g/mol. The number of aromatic nitrogens is 1. The fourth-order valence-electron chi connectivity index (χ4n) is 2.27. The Hall–Kier alpha value is -1.55. The molecule has 0 unspecified atom stereocenters. The maximum absolute atomic E-state index is 5.34. The second-order valence-electron chi connectivity index (χ2n) is 5.49. The Balaban J connectivity index is 0.00000338. The van der Waals surface area contributed by atoms with Crippen molar-refractivity contribution >= 4 is 41.3 Å². The third kappa shape index (κ3) is 6.31. The van der Waals surface area contributed by atoms with Crippen LogP contribution in [0.5, 0.6) is 11.5 Å². The zero-order chi connectivity index (χ0) is 18.2. The molecule has 1 heterocycles. The van der Waals surface area contributed by atoms with Crippen molar-refractivity contribution in [3.63, 3.8) is 0 Å². The molecule has 0 radical (unpaired) electrons. The molecule has 0 amide bonds. The number of benzene rings is 1. The van der Waals surface area contributed by atoms with Crippen LogP contribution in [-0.4, -0.2) is 31.7 Å². The number of hydrogen-bond donors (Lipinski definition) is 2. The van der Waals surface area contributed by atoms with E-state index in [0.717, 1.165) is 34.5 Å². The Bertz CT molecular complexity index is 714. The quantitative estimate of drug-likeness (QED) is 0.353. The van der Waals surface area contributed by atoms with Gasteiger partial charge in [0.2, 0.25) is 0 Å². The molecule has 1 aromatic heterocycles. The summed E-state index contributed by atoms with van der Waals surface area (Å²) in [7, 11) is 3.26. The summed E-state index contributed by atoms with van der Waals surface area (Å²) in [5.41, 5.74) is 2.14. The molecule has 2 N–H and O–H groups in total. The molecule has 6 nitrogen and oxygen atoms in total. The lowest BCUT2D eigenvalue weighted by Gasteiger charge is -2.11. The Kier molecular flexibility index (Phi) is 9.71. The van der Waals surface area contributed by atoms with Gasteiger partial charge in [-0.1, -0.05) is 6.07 Å². The molecule has 0 aliphatic heterocycles. The lowest BCUT2D eigenvalue weighted by atomic mass is 10.2. The normalized spacial score (nSPS) is 10.9. The highest BCUT2D eigenvalue weighted by molar-refractivity contribution is 14.0. The van der Waals surface area contributed by atoms with Gasteiger partial charge in [-0.3, -0.25) is 0 Å². The number of hydrogen-bond acceptors (Lipinski definition) is 5. The van der Waals surface area contributed by atoms with Crippen LogP contribution in [0.15, 0.2) is 23.2 Å². The molecular weight excluding hydrogens is 463 g/mol. The van der Waals surface area contributed by atoms with Gasteiger partial charge in [-0.25, -0.2) is 9.98 Å². The minimum absolute atomic E-state index is 0. The van der Waals surface area contributed by atoms with Crippen molar-refractivity contribution in [2.75, 3.05) is 20.8 Å². The first-order valence-electron chi connectivity index (χ1n) is 8.23. The van der Waals surface area contributed by atoms with Crippen LogP contribution in [0.4, 0.5) is 0 Å². The van der Waals surface area contributed by atoms with Crippen molar-refractivity contribution in [1.29, 1.82) is 0 Å². The topological polar surface area (TPSA) is 67.8 Å². The van der Waals surface area contributed by atoms with E-state index >= 15 is 0 Å². The second kappa shape index (κ2) is 11.2. The van der Waals surface area contributed by atoms with E-state index in [1.54, 1.807) is 25.6 Å². The Morgan fingerprint density at radius 2 is 1.88 bits per heavy atom. The summed E-state index contributed by atoms with van der Waals surface area (Å²) >= 11 is 1.71. The van der Waals surface area contributed by atoms with E-state index < -0.39 is 0 Å². The SMILES string of the molecule is CCNC(=NCc1ccc(OC)c(OC)c1)NCc1nc(C)c(C)s1.I. The highest BCUT2D eigenvalue weighted by atomic mass is 127. The number of halogens is 1. The van der Waals surface area contributed by atoms with Gasteiger partial charge >= 0.3 is 0 Å². The molecule has 2 rings (SSSR count). The molecule has 26 heavy (non-hydrogen) atoms. The fourth-order valence-corrected chi connectivity index (χ4v) is 3.14. The summed E-state index contributed by atoms with van der Waals surface area (Å²) < 4.78 is 10.6. The van der Waals surface area contributed by atoms with Gasteiger partial charge in [0, 0.05) is 11.4 Å². The standard InChI is InChI=1S/C18H26N4O2S.HI/c1-6-19-18(21-11-17-22-12(2)13(3)25-17)20-10-14-7-8-15(23-4)16(9-14)24-5;/h7-9H,6,10-11H2,1-5H3,(H2,19,20,21);1H. The number of guanidine groups is 1. The summed E-state index contributed by atoms with van der Waals surface area (Å²) in [6, 6.07) is 5.83. The van der Waals surface area contributed by atoms with E-state index in [0.29, 0.717) is 18.8 Å². The monoisotopic (exact) mass is 490 g/mol. The molecule has 0 bridgehead atoms. The number of nitrogens with one attached hydrogen (secondary N) is 2. The highest BCUT2D eigenvalue weighted by Gasteiger charge is 2.06. The van der Waals surface area contributed by atoms with Crippen molar-refractivity contribution in [2.24, 2.45) is 4.99 Å². The number of nitrogens with zero attached hydrogens (tertiary/aromatic N) is 2. The maximum Gasteiger partial charge on any atom is 0.191 e. The molecule has 0 spiro atoms. The highest BCUT2D eigenvalue weighted by Crippen LogP contribution is 2.27. The van der Waals surface area contributed by atoms with E-state index in [4.69, 9.17) is 9.47 Å². The Morgan fingerprint density at radius 1 is 1.15 bits per heavy atom. The molecular formula is C18H27IN4O2S. The molecule has 144 valence electrons. The molecule has 8 heteroatoms. The molecule has 0 aliphatic carbocycles. The van der Waals surface area contributed by atoms with Crippen LogP contribution in [0.2, 0.25) is 0 Å². The number of aryl methyl sites for hydroxylation is 2. The van der Waals surface area contributed by atoms with Gasteiger partial charge in [-0.15, -0.1) is 35.3 Å². The predicted molar refractivity (Wildman–Crippen MR) is 118 cm³/mol. The predicted octanol–water partition coefficient (Wildman–Crippen LogP) is 3.65. The van der Waals surface area contributed by atoms with Gasteiger partial charge in [-0.05, 0) is 38.5 Å². The number of aliphatic imine (C=N–C) groups is 1. The van der Waals surface area contributed by atoms with E-state index in [1.807, 2.05) is 32.0 Å².